The van der Waals surface area contributed by atoms with Gasteiger partial charge >= 0.3 is 0 Å². The molecule has 0 radical (unpaired) electrons. The molecule has 1 aliphatic rings. The summed E-state index contributed by atoms with van der Waals surface area (Å²) in [7, 11) is 0. The number of hydrogen-bond donors (Lipinski definition) is 0. The lowest BCUT2D eigenvalue weighted by Crippen LogP contribution is -1.78. The standard InChI is InChI=1S/C8H10O.2C2H6/c1-3-7-5-6-9-8(7)4-2;2*1-2/h3-4H,1-2,5-6H2;2*1-2H3. The fourth-order valence-electron chi connectivity index (χ4n) is 0.880. The van der Waals surface area contributed by atoms with Crippen LogP contribution in [0.25, 0.3) is 0 Å². The molecule has 0 aromatic heterocycles. The molecule has 1 heterocycles. The van der Waals surface area contributed by atoms with E-state index in [1.807, 2.05) is 33.8 Å². The summed E-state index contributed by atoms with van der Waals surface area (Å²) >= 11 is 0. The van der Waals surface area contributed by atoms with E-state index in [-0.39, 0.29) is 0 Å². The molecule has 1 heteroatoms. The second-order valence-corrected chi connectivity index (χ2v) is 1.90. The lowest BCUT2D eigenvalue weighted by molar-refractivity contribution is 0.257. The lowest BCUT2D eigenvalue weighted by Gasteiger charge is -1.93. The first-order valence-electron chi connectivity index (χ1n) is 4.99. The highest BCUT2D eigenvalue weighted by Crippen LogP contribution is 2.19. The molecule has 0 aliphatic carbocycles. The van der Waals surface area contributed by atoms with Crippen molar-refractivity contribution in [3.05, 3.63) is 36.6 Å². The van der Waals surface area contributed by atoms with Gasteiger partial charge in [0.25, 0.3) is 0 Å². The van der Waals surface area contributed by atoms with Gasteiger partial charge in [0.15, 0.2) is 0 Å². The highest BCUT2D eigenvalue weighted by Gasteiger charge is 2.08. The predicted molar refractivity (Wildman–Crippen MR) is 60.7 cm³/mol. The molecule has 13 heavy (non-hydrogen) atoms. The summed E-state index contributed by atoms with van der Waals surface area (Å²) in [6.45, 7) is 16.0. The van der Waals surface area contributed by atoms with Crippen LogP contribution < -0.4 is 0 Å². The van der Waals surface area contributed by atoms with Crippen LogP contribution in [0.1, 0.15) is 34.1 Å². The van der Waals surface area contributed by atoms with Gasteiger partial charge in [-0.15, -0.1) is 0 Å². The molecule has 0 saturated carbocycles. The molecule has 0 aromatic carbocycles. The zero-order chi connectivity index (χ0) is 10.7. The van der Waals surface area contributed by atoms with Crippen molar-refractivity contribution in [1.82, 2.24) is 0 Å². The van der Waals surface area contributed by atoms with Gasteiger partial charge in [0.1, 0.15) is 5.76 Å². The molecule has 0 saturated heterocycles. The summed E-state index contributed by atoms with van der Waals surface area (Å²) in [5, 5.41) is 0. The minimum atomic E-state index is 0.780. The van der Waals surface area contributed by atoms with Gasteiger partial charge in [-0.3, -0.25) is 0 Å². The fraction of sp³-hybridized carbons (Fsp3) is 0.500. The molecule has 0 N–H and O–H groups in total. The summed E-state index contributed by atoms with van der Waals surface area (Å²) < 4.78 is 5.20. The second-order valence-electron chi connectivity index (χ2n) is 1.90. The van der Waals surface area contributed by atoms with Gasteiger partial charge in [-0.1, -0.05) is 46.9 Å². The van der Waals surface area contributed by atoms with E-state index in [0.29, 0.717) is 0 Å². The van der Waals surface area contributed by atoms with Crippen LogP contribution in [-0.4, -0.2) is 6.61 Å². The van der Waals surface area contributed by atoms with Gasteiger partial charge in [-0.25, -0.2) is 0 Å². The van der Waals surface area contributed by atoms with Crippen molar-refractivity contribution in [3.63, 3.8) is 0 Å². The van der Waals surface area contributed by atoms with Crippen molar-refractivity contribution in [2.75, 3.05) is 6.61 Å². The highest BCUT2D eigenvalue weighted by atomic mass is 16.5. The van der Waals surface area contributed by atoms with Crippen molar-refractivity contribution in [2.24, 2.45) is 0 Å². The molecule has 1 rings (SSSR count). The molecule has 0 bridgehead atoms. The highest BCUT2D eigenvalue weighted by molar-refractivity contribution is 5.29. The Balaban J connectivity index is 0. The van der Waals surface area contributed by atoms with E-state index in [1.165, 1.54) is 5.57 Å². The third-order valence-electron chi connectivity index (χ3n) is 1.38. The molecule has 1 aliphatic heterocycles. The average Bonchev–Trinajstić information content (AvgIpc) is 2.70. The summed E-state index contributed by atoms with van der Waals surface area (Å²) in [5.74, 6) is 0.894. The summed E-state index contributed by atoms with van der Waals surface area (Å²) in [4.78, 5) is 0. The van der Waals surface area contributed by atoms with Crippen LogP contribution in [0.5, 0.6) is 0 Å². The van der Waals surface area contributed by atoms with E-state index < -0.39 is 0 Å². The second kappa shape index (κ2) is 11.0. The van der Waals surface area contributed by atoms with Crippen LogP contribution >= 0.6 is 0 Å². The first-order valence-corrected chi connectivity index (χ1v) is 4.99. The molecule has 0 fully saturated rings. The SMILES string of the molecule is C=CC1=C(C=C)OCC1.CC.CC. The lowest BCUT2D eigenvalue weighted by atomic mass is 10.2. The van der Waals surface area contributed by atoms with E-state index in [2.05, 4.69) is 13.2 Å². The quantitative estimate of drug-likeness (QED) is 0.625. The maximum Gasteiger partial charge on any atom is 0.122 e. The van der Waals surface area contributed by atoms with E-state index >= 15 is 0 Å². The van der Waals surface area contributed by atoms with Crippen LogP contribution in [0.15, 0.2) is 36.6 Å². The van der Waals surface area contributed by atoms with Crippen molar-refractivity contribution < 1.29 is 4.74 Å². The number of allylic oxidation sites excluding steroid dienone is 2. The van der Waals surface area contributed by atoms with Gasteiger partial charge in [-0.05, 0) is 11.6 Å². The Kier molecular flexibility index (Phi) is 12.3. The topological polar surface area (TPSA) is 9.23 Å². The van der Waals surface area contributed by atoms with Crippen LogP contribution in [-0.2, 0) is 4.74 Å². The Morgan fingerprint density at radius 3 is 1.92 bits per heavy atom. The van der Waals surface area contributed by atoms with Gasteiger partial charge in [0, 0.05) is 6.42 Å². The molecule has 0 amide bonds. The number of rotatable bonds is 2. The Morgan fingerprint density at radius 2 is 1.62 bits per heavy atom. The van der Waals surface area contributed by atoms with Crippen molar-refractivity contribution in [3.8, 4) is 0 Å². The van der Waals surface area contributed by atoms with Crippen LogP contribution in [0.3, 0.4) is 0 Å². The third-order valence-corrected chi connectivity index (χ3v) is 1.38. The Morgan fingerprint density at radius 1 is 1.08 bits per heavy atom. The molecule has 0 spiro atoms. The molecular weight excluding hydrogens is 160 g/mol. The number of ether oxygens (including phenoxy) is 1. The summed E-state index contributed by atoms with van der Waals surface area (Å²) in [6.07, 6.45) is 4.53. The third kappa shape index (κ3) is 5.29. The first kappa shape index (κ1) is 14.5. The van der Waals surface area contributed by atoms with Crippen LogP contribution in [0.4, 0.5) is 0 Å². The van der Waals surface area contributed by atoms with E-state index in [1.54, 1.807) is 6.08 Å². The Hall–Kier alpha value is -0.980. The molecule has 76 valence electrons. The van der Waals surface area contributed by atoms with Gasteiger partial charge in [-0.2, -0.15) is 0 Å². The minimum absolute atomic E-state index is 0.780. The van der Waals surface area contributed by atoms with Gasteiger partial charge < -0.3 is 4.74 Å². The van der Waals surface area contributed by atoms with Crippen molar-refractivity contribution >= 4 is 0 Å². The Bertz CT molecular complexity index is 148. The molecule has 0 atom stereocenters. The van der Waals surface area contributed by atoms with E-state index in [0.717, 1.165) is 18.8 Å². The van der Waals surface area contributed by atoms with Crippen LogP contribution in [0.2, 0.25) is 0 Å². The van der Waals surface area contributed by atoms with Crippen molar-refractivity contribution in [2.45, 2.75) is 34.1 Å². The minimum Gasteiger partial charge on any atom is -0.493 e. The maximum atomic E-state index is 5.20. The monoisotopic (exact) mass is 182 g/mol. The Labute approximate surface area is 82.8 Å². The molecule has 1 nitrogen and oxygen atoms in total. The zero-order valence-electron chi connectivity index (χ0n) is 9.39. The largest absolute Gasteiger partial charge is 0.493 e. The number of hydrogen-bond acceptors (Lipinski definition) is 1. The summed E-state index contributed by atoms with van der Waals surface area (Å²) in [5.41, 5.74) is 1.17. The molecular formula is C12H22O. The fourth-order valence-corrected chi connectivity index (χ4v) is 0.880. The van der Waals surface area contributed by atoms with Gasteiger partial charge in [0.2, 0.25) is 0 Å². The smallest absolute Gasteiger partial charge is 0.122 e. The van der Waals surface area contributed by atoms with Crippen LogP contribution in [0, 0.1) is 0 Å². The average molecular weight is 182 g/mol. The summed E-state index contributed by atoms with van der Waals surface area (Å²) in [6, 6.07) is 0. The first-order chi connectivity index (χ1) is 6.38. The maximum absolute atomic E-state index is 5.20. The van der Waals surface area contributed by atoms with Crippen molar-refractivity contribution in [1.29, 1.82) is 0 Å². The predicted octanol–water partition coefficient (Wildman–Crippen LogP) is 4.09. The zero-order valence-corrected chi connectivity index (χ0v) is 9.39. The molecule has 0 unspecified atom stereocenters. The van der Waals surface area contributed by atoms with E-state index in [4.69, 9.17) is 4.74 Å². The molecule has 0 aromatic rings. The van der Waals surface area contributed by atoms with Gasteiger partial charge in [0.05, 0.1) is 6.61 Å². The van der Waals surface area contributed by atoms with E-state index in [9.17, 15) is 0 Å². The normalized spacial score (nSPS) is 12.9.